The molecule has 0 spiro atoms. The molecule has 0 saturated carbocycles. The van der Waals surface area contributed by atoms with Gasteiger partial charge in [0.1, 0.15) is 5.82 Å². The summed E-state index contributed by atoms with van der Waals surface area (Å²) in [6.45, 7) is 5.23. The molecule has 0 amide bonds. The number of hydrogen-bond acceptors (Lipinski definition) is 2. The summed E-state index contributed by atoms with van der Waals surface area (Å²) in [6.07, 6.45) is 3.50. The Hall–Kier alpha value is -0.450. The maximum absolute atomic E-state index is 14.3. The van der Waals surface area contributed by atoms with Crippen molar-refractivity contribution in [3.8, 4) is 0 Å². The quantitative estimate of drug-likeness (QED) is 0.814. The number of nitrogens with one attached hydrogen (secondary N) is 1. The van der Waals surface area contributed by atoms with Crippen LogP contribution in [0.3, 0.4) is 0 Å². The van der Waals surface area contributed by atoms with E-state index in [1.54, 1.807) is 6.07 Å². The van der Waals surface area contributed by atoms with Crippen molar-refractivity contribution in [3.63, 3.8) is 0 Å². The van der Waals surface area contributed by atoms with Gasteiger partial charge in [0, 0.05) is 16.1 Å². The molecule has 2 unspecified atom stereocenters. The largest absolute Gasteiger partial charge is 0.316 e. The van der Waals surface area contributed by atoms with Gasteiger partial charge in [-0.2, -0.15) is 0 Å². The van der Waals surface area contributed by atoms with Crippen LogP contribution in [0.2, 0.25) is 0 Å². The Labute approximate surface area is 129 Å². The normalized spacial score (nSPS) is 24.0. The summed E-state index contributed by atoms with van der Waals surface area (Å²) in [4.78, 5) is 2.30. The second-order valence-corrected chi connectivity index (χ2v) is 6.61. The molecule has 1 aromatic carbocycles. The molecule has 0 aliphatic carbocycles. The minimum Gasteiger partial charge on any atom is -0.316 e. The second kappa shape index (κ2) is 7.53. The van der Waals surface area contributed by atoms with E-state index in [1.165, 1.54) is 12.8 Å². The number of nitrogens with zero attached hydrogens (tertiary/aromatic N) is 1. The molecule has 1 heterocycles. The lowest BCUT2D eigenvalue weighted by Crippen LogP contribution is -2.41. The minimum absolute atomic E-state index is 0.0985. The zero-order chi connectivity index (χ0) is 14.5. The van der Waals surface area contributed by atoms with Gasteiger partial charge in [0.15, 0.2) is 0 Å². The number of likely N-dealkylation sites (tertiary alicyclic amines) is 1. The molecule has 20 heavy (non-hydrogen) atoms. The van der Waals surface area contributed by atoms with Gasteiger partial charge in [-0.15, -0.1) is 0 Å². The molecule has 0 radical (unpaired) electrons. The maximum Gasteiger partial charge on any atom is 0.129 e. The molecule has 0 aromatic heterocycles. The molecular weight excluding hydrogens is 319 g/mol. The van der Waals surface area contributed by atoms with Crippen LogP contribution in [0.5, 0.6) is 0 Å². The van der Waals surface area contributed by atoms with E-state index in [2.05, 4.69) is 40.1 Å². The highest BCUT2D eigenvalue weighted by atomic mass is 79.9. The SMILES string of the molecule is CCCNCC1CCCN(C)C1c1ccc(Br)cc1F. The first kappa shape index (κ1) is 15.9. The molecule has 112 valence electrons. The van der Waals surface area contributed by atoms with Crippen molar-refractivity contribution in [1.82, 2.24) is 10.2 Å². The predicted octanol–water partition coefficient (Wildman–Crippen LogP) is 3.97. The van der Waals surface area contributed by atoms with Gasteiger partial charge in [-0.1, -0.05) is 28.9 Å². The molecule has 1 saturated heterocycles. The second-order valence-electron chi connectivity index (χ2n) is 5.70. The van der Waals surface area contributed by atoms with Crippen LogP contribution in [0.25, 0.3) is 0 Å². The van der Waals surface area contributed by atoms with E-state index in [-0.39, 0.29) is 11.9 Å². The predicted molar refractivity (Wildman–Crippen MR) is 85.4 cm³/mol. The van der Waals surface area contributed by atoms with Crippen LogP contribution in [0.15, 0.2) is 22.7 Å². The first-order valence-corrected chi connectivity index (χ1v) is 8.28. The monoisotopic (exact) mass is 342 g/mol. The average Bonchev–Trinajstić information content (AvgIpc) is 2.41. The highest BCUT2D eigenvalue weighted by Gasteiger charge is 2.31. The summed E-state index contributed by atoms with van der Waals surface area (Å²) in [5.41, 5.74) is 0.832. The molecule has 1 N–H and O–H groups in total. The van der Waals surface area contributed by atoms with Crippen molar-refractivity contribution in [2.45, 2.75) is 32.2 Å². The van der Waals surface area contributed by atoms with Crippen molar-refractivity contribution < 1.29 is 4.39 Å². The Morgan fingerprint density at radius 3 is 2.95 bits per heavy atom. The molecule has 2 nitrogen and oxygen atoms in total. The average molecular weight is 343 g/mol. The summed E-state index contributed by atoms with van der Waals surface area (Å²) >= 11 is 3.34. The Kier molecular flexibility index (Phi) is 6.00. The van der Waals surface area contributed by atoms with Gasteiger partial charge < -0.3 is 5.32 Å². The lowest BCUT2D eigenvalue weighted by molar-refractivity contribution is 0.116. The minimum atomic E-state index is -0.0985. The fourth-order valence-corrected chi connectivity index (χ4v) is 3.50. The lowest BCUT2D eigenvalue weighted by atomic mass is 9.84. The van der Waals surface area contributed by atoms with E-state index >= 15 is 0 Å². The Morgan fingerprint density at radius 2 is 2.25 bits per heavy atom. The summed E-state index contributed by atoms with van der Waals surface area (Å²) in [5, 5.41) is 3.50. The molecule has 2 rings (SSSR count). The van der Waals surface area contributed by atoms with Crippen molar-refractivity contribution in [2.24, 2.45) is 5.92 Å². The maximum atomic E-state index is 14.3. The van der Waals surface area contributed by atoms with Crippen LogP contribution in [0.4, 0.5) is 4.39 Å². The standard InChI is InChI=1S/C16H24BrFN2/c1-3-8-19-11-12-5-4-9-20(2)16(12)14-7-6-13(17)10-15(14)18/h6-7,10,12,16,19H,3-5,8-9,11H2,1-2H3. The number of halogens is 2. The van der Waals surface area contributed by atoms with Crippen molar-refractivity contribution in [2.75, 3.05) is 26.7 Å². The summed E-state index contributed by atoms with van der Waals surface area (Å²) in [7, 11) is 2.11. The van der Waals surface area contributed by atoms with Gasteiger partial charge in [0.2, 0.25) is 0 Å². The molecular formula is C16H24BrFN2. The third-order valence-electron chi connectivity index (χ3n) is 4.12. The van der Waals surface area contributed by atoms with E-state index < -0.39 is 0 Å². The van der Waals surface area contributed by atoms with Gasteiger partial charge in [-0.05, 0) is 64.0 Å². The zero-order valence-corrected chi connectivity index (χ0v) is 13.9. The fraction of sp³-hybridized carbons (Fsp3) is 0.625. The lowest BCUT2D eigenvalue weighted by Gasteiger charge is -2.40. The Balaban J connectivity index is 2.18. The summed E-state index contributed by atoms with van der Waals surface area (Å²) in [5.74, 6) is 0.384. The van der Waals surface area contributed by atoms with E-state index in [4.69, 9.17) is 0 Å². The topological polar surface area (TPSA) is 15.3 Å². The number of hydrogen-bond donors (Lipinski definition) is 1. The third-order valence-corrected chi connectivity index (χ3v) is 4.61. The van der Waals surface area contributed by atoms with E-state index in [1.807, 2.05) is 12.1 Å². The first-order valence-electron chi connectivity index (χ1n) is 7.49. The molecule has 1 aliphatic rings. The zero-order valence-electron chi connectivity index (χ0n) is 12.3. The third kappa shape index (κ3) is 3.80. The molecule has 4 heteroatoms. The first-order chi connectivity index (χ1) is 9.63. The van der Waals surface area contributed by atoms with Crippen molar-refractivity contribution in [3.05, 3.63) is 34.1 Å². The highest BCUT2D eigenvalue weighted by Crippen LogP contribution is 2.36. The van der Waals surface area contributed by atoms with Crippen molar-refractivity contribution in [1.29, 1.82) is 0 Å². The van der Waals surface area contributed by atoms with E-state index in [0.29, 0.717) is 5.92 Å². The molecule has 1 aliphatic heterocycles. The van der Waals surface area contributed by atoms with Gasteiger partial charge >= 0.3 is 0 Å². The van der Waals surface area contributed by atoms with Gasteiger partial charge in [0.05, 0.1) is 0 Å². The molecule has 1 fully saturated rings. The molecule has 0 bridgehead atoms. The molecule has 2 atom stereocenters. The number of piperidine rings is 1. The van der Waals surface area contributed by atoms with Crippen LogP contribution in [0.1, 0.15) is 37.8 Å². The number of benzene rings is 1. The van der Waals surface area contributed by atoms with Gasteiger partial charge in [-0.3, -0.25) is 4.90 Å². The van der Waals surface area contributed by atoms with Crippen LogP contribution in [-0.4, -0.2) is 31.6 Å². The van der Waals surface area contributed by atoms with E-state index in [9.17, 15) is 4.39 Å². The highest BCUT2D eigenvalue weighted by molar-refractivity contribution is 9.10. The van der Waals surface area contributed by atoms with Crippen LogP contribution in [-0.2, 0) is 0 Å². The van der Waals surface area contributed by atoms with Crippen LogP contribution >= 0.6 is 15.9 Å². The molecule has 1 aromatic rings. The van der Waals surface area contributed by atoms with Crippen LogP contribution < -0.4 is 5.32 Å². The van der Waals surface area contributed by atoms with Crippen LogP contribution in [0, 0.1) is 11.7 Å². The smallest absolute Gasteiger partial charge is 0.129 e. The summed E-state index contributed by atoms with van der Waals surface area (Å²) in [6, 6.07) is 5.63. The van der Waals surface area contributed by atoms with Gasteiger partial charge in [0.25, 0.3) is 0 Å². The van der Waals surface area contributed by atoms with Crippen molar-refractivity contribution >= 4 is 15.9 Å². The Morgan fingerprint density at radius 1 is 1.45 bits per heavy atom. The summed E-state index contributed by atoms with van der Waals surface area (Å²) < 4.78 is 15.1. The van der Waals surface area contributed by atoms with E-state index in [0.717, 1.165) is 36.1 Å². The number of rotatable bonds is 5. The van der Waals surface area contributed by atoms with Gasteiger partial charge in [-0.25, -0.2) is 4.39 Å². The Bertz CT molecular complexity index is 438. The fourth-order valence-electron chi connectivity index (χ4n) is 3.17.